The molecule has 1 aromatic carbocycles. The molecule has 1 aromatic rings. The molecule has 0 spiro atoms. The third-order valence-electron chi connectivity index (χ3n) is 2.96. The van der Waals surface area contributed by atoms with E-state index >= 15 is 0 Å². The van der Waals surface area contributed by atoms with Gasteiger partial charge < -0.3 is 9.64 Å². The lowest BCUT2D eigenvalue weighted by Gasteiger charge is -2.36. The molecule has 1 heterocycles. The van der Waals surface area contributed by atoms with Crippen molar-refractivity contribution < 1.29 is 9.53 Å². The Labute approximate surface area is 96.0 Å². The molecule has 2 rings (SSSR count). The van der Waals surface area contributed by atoms with Crippen LogP contribution < -0.4 is 4.90 Å². The van der Waals surface area contributed by atoms with Gasteiger partial charge in [0.15, 0.2) is 5.78 Å². The quantitative estimate of drug-likeness (QED) is 0.713. The van der Waals surface area contributed by atoms with Gasteiger partial charge in [0.2, 0.25) is 0 Å². The Morgan fingerprint density at radius 2 is 2.19 bits per heavy atom. The summed E-state index contributed by atoms with van der Waals surface area (Å²) in [6.45, 7) is 6.05. The van der Waals surface area contributed by atoms with Crippen LogP contribution in [0, 0.1) is 0 Å². The van der Waals surface area contributed by atoms with Crippen LogP contribution in [0.15, 0.2) is 24.3 Å². The van der Waals surface area contributed by atoms with Gasteiger partial charge in [-0.1, -0.05) is 12.1 Å². The highest BCUT2D eigenvalue weighted by Crippen LogP contribution is 2.24. The standard InChI is InChI=1S/C13H17NO2/c1-10-9-16-8-7-14(10)13-6-4-3-5-12(13)11(2)15/h3-6,10H,7-9H2,1-2H3. The van der Waals surface area contributed by atoms with Crippen LogP contribution in [0.25, 0.3) is 0 Å². The van der Waals surface area contributed by atoms with Crippen molar-refractivity contribution in [3.63, 3.8) is 0 Å². The molecule has 1 aliphatic rings. The Hall–Kier alpha value is -1.35. The Balaban J connectivity index is 2.34. The van der Waals surface area contributed by atoms with Gasteiger partial charge in [-0.3, -0.25) is 4.79 Å². The minimum atomic E-state index is 0.120. The minimum Gasteiger partial charge on any atom is -0.377 e. The second kappa shape index (κ2) is 4.66. The van der Waals surface area contributed by atoms with E-state index in [-0.39, 0.29) is 5.78 Å². The van der Waals surface area contributed by atoms with Crippen molar-refractivity contribution in [1.82, 2.24) is 0 Å². The number of carbonyl (C=O) groups is 1. The van der Waals surface area contributed by atoms with Crippen molar-refractivity contribution in [3.8, 4) is 0 Å². The SMILES string of the molecule is CC(=O)c1ccccc1N1CCOCC1C. The maximum atomic E-state index is 11.6. The number of anilines is 1. The number of morpholine rings is 1. The molecule has 1 aliphatic heterocycles. The number of ketones is 1. The molecule has 86 valence electrons. The van der Waals surface area contributed by atoms with E-state index in [0.717, 1.165) is 31.0 Å². The van der Waals surface area contributed by atoms with Gasteiger partial charge in [-0.05, 0) is 26.0 Å². The normalized spacial score (nSPS) is 20.9. The molecule has 1 saturated heterocycles. The summed E-state index contributed by atoms with van der Waals surface area (Å²) in [5.74, 6) is 0.120. The van der Waals surface area contributed by atoms with E-state index < -0.39 is 0 Å². The van der Waals surface area contributed by atoms with E-state index in [1.54, 1.807) is 6.92 Å². The summed E-state index contributed by atoms with van der Waals surface area (Å²) in [6.07, 6.45) is 0. The molecule has 1 unspecified atom stereocenters. The zero-order chi connectivity index (χ0) is 11.5. The highest BCUT2D eigenvalue weighted by atomic mass is 16.5. The van der Waals surface area contributed by atoms with Crippen molar-refractivity contribution in [1.29, 1.82) is 0 Å². The lowest BCUT2D eigenvalue weighted by Crippen LogP contribution is -2.44. The molecule has 0 bridgehead atoms. The maximum absolute atomic E-state index is 11.6. The molecule has 0 amide bonds. The van der Waals surface area contributed by atoms with Gasteiger partial charge in [0.05, 0.1) is 13.2 Å². The first-order valence-electron chi connectivity index (χ1n) is 5.64. The fourth-order valence-electron chi connectivity index (χ4n) is 2.11. The Kier molecular flexibility index (Phi) is 3.25. The number of hydrogen-bond donors (Lipinski definition) is 0. The minimum absolute atomic E-state index is 0.120. The third kappa shape index (κ3) is 2.09. The topological polar surface area (TPSA) is 29.5 Å². The molecule has 3 heteroatoms. The molecular formula is C13H17NO2. The van der Waals surface area contributed by atoms with E-state index in [1.165, 1.54) is 0 Å². The summed E-state index contributed by atoms with van der Waals surface area (Å²) in [4.78, 5) is 13.8. The lowest BCUT2D eigenvalue weighted by atomic mass is 10.1. The number of ether oxygens (including phenoxy) is 1. The van der Waals surface area contributed by atoms with Crippen LogP contribution in [0.3, 0.4) is 0 Å². The molecule has 1 atom stereocenters. The van der Waals surface area contributed by atoms with Crippen molar-refractivity contribution in [2.24, 2.45) is 0 Å². The van der Waals surface area contributed by atoms with Crippen LogP contribution in [0.4, 0.5) is 5.69 Å². The van der Waals surface area contributed by atoms with Crippen LogP contribution in [0.1, 0.15) is 24.2 Å². The van der Waals surface area contributed by atoms with Crippen LogP contribution in [0.2, 0.25) is 0 Å². The average molecular weight is 219 g/mol. The number of nitrogens with zero attached hydrogens (tertiary/aromatic N) is 1. The summed E-state index contributed by atoms with van der Waals surface area (Å²) >= 11 is 0. The van der Waals surface area contributed by atoms with Gasteiger partial charge in [-0.15, -0.1) is 0 Å². The largest absolute Gasteiger partial charge is 0.377 e. The van der Waals surface area contributed by atoms with Gasteiger partial charge in [-0.2, -0.15) is 0 Å². The number of benzene rings is 1. The summed E-state index contributed by atoms with van der Waals surface area (Å²) in [5.41, 5.74) is 1.84. The lowest BCUT2D eigenvalue weighted by molar-refractivity contribution is 0.0974. The van der Waals surface area contributed by atoms with Crippen LogP contribution in [0.5, 0.6) is 0 Å². The number of carbonyl (C=O) groups excluding carboxylic acids is 1. The highest BCUT2D eigenvalue weighted by molar-refractivity contribution is 5.99. The molecule has 0 saturated carbocycles. The zero-order valence-electron chi connectivity index (χ0n) is 9.77. The molecule has 0 N–H and O–H groups in total. The summed E-state index contributed by atoms with van der Waals surface area (Å²) in [5, 5.41) is 0. The molecule has 0 aromatic heterocycles. The van der Waals surface area contributed by atoms with Crippen LogP contribution in [-0.2, 0) is 4.74 Å². The number of hydrogen-bond acceptors (Lipinski definition) is 3. The Morgan fingerprint density at radius 1 is 1.44 bits per heavy atom. The molecule has 3 nitrogen and oxygen atoms in total. The second-order valence-corrected chi connectivity index (χ2v) is 4.19. The van der Waals surface area contributed by atoms with Crippen molar-refractivity contribution in [3.05, 3.63) is 29.8 Å². The average Bonchev–Trinajstić information content (AvgIpc) is 2.29. The third-order valence-corrected chi connectivity index (χ3v) is 2.96. The Bertz CT molecular complexity index is 389. The monoisotopic (exact) mass is 219 g/mol. The van der Waals surface area contributed by atoms with Crippen molar-refractivity contribution in [2.45, 2.75) is 19.9 Å². The van der Waals surface area contributed by atoms with E-state index in [9.17, 15) is 4.79 Å². The van der Waals surface area contributed by atoms with Crippen LogP contribution >= 0.6 is 0 Å². The number of para-hydroxylation sites is 1. The fraction of sp³-hybridized carbons (Fsp3) is 0.462. The van der Waals surface area contributed by atoms with Gasteiger partial charge in [0.1, 0.15) is 0 Å². The zero-order valence-corrected chi connectivity index (χ0v) is 9.77. The summed E-state index contributed by atoms with van der Waals surface area (Å²) in [6, 6.07) is 8.11. The van der Waals surface area contributed by atoms with E-state index in [0.29, 0.717) is 6.04 Å². The molecule has 16 heavy (non-hydrogen) atoms. The molecule has 0 radical (unpaired) electrons. The first-order valence-corrected chi connectivity index (χ1v) is 5.64. The van der Waals surface area contributed by atoms with Gasteiger partial charge in [-0.25, -0.2) is 0 Å². The number of rotatable bonds is 2. The van der Waals surface area contributed by atoms with E-state index in [4.69, 9.17) is 4.74 Å². The first kappa shape index (κ1) is 11.1. The fourth-order valence-corrected chi connectivity index (χ4v) is 2.11. The predicted molar refractivity (Wildman–Crippen MR) is 64.1 cm³/mol. The van der Waals surface area contributed by atoms with Crippen LogP contribution in [-0.4, -0.2) is 31.6 Å². The van der Waals surface area contributed by atoms with E-state index in [2.05, 4.69) is 11.8 Å². The van der Waals surface area contributed by atoms with Gasteiger partial charge in [0.25, 0.3) is 0 Å². The summed E-state index contributed by atoms with van der Waals surface area (Å²) < 4.78 is 5.41. The van der Waals surface area contributed by atoms with Gasteiger partial charge >= 0.3 is 0 Å². The van der Waals surface area contributed by atoms with E-state index in [1.807, 2.05) is 24.3 Å². The maximum Gasteiger partial charge on any atom is 0.161 e. The van der Waals surface area contributed by atoms with Crippen molar-refractivity contribution in [2.75, 3.05) is 24.7 Å². The van der Waals surface area contributed by atoms with Crippen molar-refractivity contribution >= 4 is 11.5 Å². The first-order chi connectivity index (χ1) is 7.70. The predicted octanol–water partition coefficient (Wildman–Crippen LogP) is 2.11. The highest BCUT2D eigenvalue weighted by Gasteiger charge is 2.21. The molecule has 0 aliphatic carbocycles. The molecule has 1 fully saturated rings. The summed E-state index contributed by atoms with van der Waals surface area (Å²) in [7, 11) is 0. The molecular weight excluding hydrogens is 202 g/mol. The smallest absolute Gasteiger partial charge is 0.161 e. The Morgan fingerprint density at radius 3 is 2.88 bits per heavy atom. The number of Topliss-reactive ketones (excluding diaryl/α,β-unsaturated/α-hetero) is 1. The van der Waals surface area contributed by atoms with Gasteiger partial charge in [0, 0.05) is 23.8 Å². The second-order valence-electron chi connectivity index (χ2n) is 4.19.